The van der Waals surface area contributed by atoms with Crippen LogP contribution in [0.15, 0.2) is 11.6 Å². The van der Waals surface area contributed by atoms with Crippen LogP contribution in [-0.2, 0) is 16.1 Å². The van der Waals surface area contributed by atoms with Gasteiger partial charge < -0.3 is 9.69 Å². The van der Waals surface area contributed by atoms with Crippen molar-refractivity contribution in [2.75, 3.05) is 6.54 Å². The Kier molecular flexibility index (Phi) is 2.58. The number of rotatable bonds is 3. The van der Waals surface area contributed by atoms with E-state index >= 15 is 0 Å². The lowest BCUT2D eigenvalue weighted by Gasteiger charge is -2.13. The fraction of sp³-hybridized carbons (Fsp3) is 0.444. The van der Waals surface area contributed by atoms with Gasteiger partial charge in [-0.25, -0.2) is 4.98 Å². The lowest BCUT2D eigenvalue weighted by molar-refractivity contribution is -0.128. The molecule has 5 heteroatoms. The predicted octanol–water partition coefficient (Wildman–Crippen LogP) is 0.690. The van der Waals surface area contributed by atoms with E-state index in [-0.39, 0.29) is 11.8 Å². The summed E-state index contributed by atoms with van der Waals surface area (Å²) in [5, 5.41) is 2.80. The summed E-state index contributed by atoms with van der Waals surface area (Å²) in [4.78, 5) is 27.7. The highest BCUT2D eigenvalue weighted by Gasteiger charge is 2.29. The Hall–Kier alpha value is -1.23. The van der Waals surface area contributed by atoms with Crippen molar-refractivity contribution < 1.29 is 9.59 Å². The number of aromatic nitrogens is 1. The lowest BCUT2D eigenvalue weighted by Crippen LogP contribution is -2.24. The Labute approximate surface area is 85.6 Å². The highest BCUT2D eigenvalue weighted by Crippen LogP contribution is 2.19. The van der Waals surface area contributed by atoms with Gasteiger partial charge in [-0.05, 0) is 0 Å². The fourth-order valence-corrected chi connectivity index (χ4v) is 2.17. The van der Waals surface area contributed by atoms with Gasteiger partial charge in [0.1, 0.15) is 11.3 Å². The summed E-state index contributed by atoms with van der Waals surface area (Å²) < 4.78 is 0. The van der Waals surface area contributed by atoms with Crippen molar-refractivity contribution in [1.29, 1.82) is 0 Å². The van der Waals surface area contributed by atoms with E-state index in [9.17, 15) is 9.59 Å². The molecule has 0 radical (unpaired) electrons. The molecule has 1 atom stereocenters. The Balaban J connectivity index is 1.99. The molecular formula is C9H10N2O2S. The van der Waals surface area contributed by atoms with Gasteiger partial charge in [-0.3, -0.25) is 4.79 Å². The molecule has 0 aromatic carbocycles. The van der Waals surface area contributed by atoms with E-state index in [0.29, 0.717) is 19.5 Å². The first kappa shape index (κ1) is 9.33. The molecule has 1 saturated heterocycles. The third kappa shape index (κ3) is 1.82. The van der Waals surface area contributed by atoms with Gasteiger partial charge in [0.25, 0.3) is 0 Å². The Morgan fingerprint density at radius 2 is 2.57 bits per heavy atom. The second kappa shape index (κ2) is 3.88. The average Bonchev–Trinajstić information content (AvgIpc) is 2.78. The summed E-state index contributed by atoms with van der Waals surface area (Å²) in [5.74, 6) is -0.0697. The fourth-order valence-electron chi connectivity index (χ4n) is 1.54. The SMILES string of the molecule is O=CC1CC(=O)N(Cc2nccs2)C1. The molecule has 1 unspecified atom stereocenters. The molecule has 1 aliphatic rings. The van der Waals surface area contributed by atoms with Crippen LogP contribution in [0.25, 0.3) is 0 Å². The van der Waals surface area contributed by atoms with Crippen LogP contribution >= 0.6 is 11.3 Å². The molecule has 2 heterocycles. The average molecular weight is 210 g/mol. The van der Waals surface area contributed by atoms with E-state index < -0.39 is 0 Å². The molecule has 74 valence electrons. The zero-order chi connectivity index (χ0) is 9.97. The molecule has 0 spiro atoms. The van der Waals surface area contributed by atoms with Gasteiger partial charge in [0.15, 0.2) is 0 Å². The minimum absolute atomic E-state index is 0.0531. The number of nitrogens with zero attached hydrogens (tertiary/aromatic N) is 2. The monoisotopic (exact) mass is 210 g/mol. The second-order valence-electron chi connectivity index (χ2n) is 3.30. The molecule has 0 saturated carbocycles. The lowest BCUT2D eigenvalue weighted by atomic mass is 10.1. The van der Waals surface area contributed by atoms with Crippen LogP contribution in [0.2, 0.25) is 0 Å². The van der Waals surface area contributed by atoms with E-state index in [0.717, 1.165) is 11.3 Å². The number of carbonyl (C=O) groups excluding carboxylic acids is 2. The van der Waals surface area contributed by atoms with Gasteiger partial charge in [-0.15, -0.1) is 11.3 Å². The summed E-state index contributed by atoms with van der Waals surface area (Å²) in [6.45, 7) is 1.09. The normalized spacial score (nSPS) is 21.6. The van der Waals surface area contributed by atoms with Gasteiger partial charge in [0.2, 0.25) is 5.91 Å². The first-order valence-electron chi connectivity index (χ1n) is 4.41. The Morgan fingerprint density at radius 1 is 1.71 bits per heavy atom. The van der Waals surface area contributed by atoms with Crippen molar-refractivity contribution in [3.8, 4) is 0 Å². The van der Waals surface area contributed by atoms with Crippen LogP contribution in [0, 0.1) is 5.92 Å². The quantitative estimate of drug-likeness (QED) is 0.690. The summed E-state index contributed by atoms with van der Waals surface area (Å²) in [7, 11) is 0. The van der Waals surface area contributed by atoms with Gasteiger partial charge in [-0.2, -0.15) is 0 Å². The molecular weight excluding hydrogens is 200 g/mol. The molecule has 0 aliphatic carbocycles. The highest BCUT2D eigenvalue weighted by atomic mass is 32.1. The minimum Gasteiger partial charge on any atom is -0.335 e. The summed E-state index contributed by atoms with van der Waals surface area (Å²) >= 11 is 1.53. The minimum atomic E-state index is -0.123. The zero-order valence-corrected chi connectivity index (χ0v) is 8.37. The van der Waals surface area contributed by atoms with Crippen molar-refractivity contribution in [1.82, 2.24) is 9.88 Å². The summed E-state index contributed by atoms with van der Waals surface area (Å²) in [6, 6.07) is 0. The number of thiazole rings is 1. The zero-order valence-electron chi connectivity index (χ0n) is 7.55. The number of amides is 1. The van der Waals surface area contributed by atoms with Crippen LogP contribution in [0.3, 0.4) is 0 Å². The van der Waals surface area contributed by atoms with E-state index in [4.69, 9.17) is 0 Å². The van der Waals surface area contributed by atoms with Gasteiger partial charge in [0, 0.05) is 30.5 Å². The van der Waals surface area contributed by atoms with E-state index in [2.05, 4.69) is 4.98 Å². The molecule has 1 fully saturated rings. The summed E-state index contributed by atoms with van der Waals surface area (Å²) in [5.41, 5.74) is 0. The first-order valence-corrected chi connectivity index (χ1v) is 5.29. The van der Waals surface area contributed by atoms with Gasteiger partial charge in [-0.1, -0.05) is 0 Å². The number of carbonyl (C=O) groups is 2. The Morgan fingerprint density at radius 3 is 3.14 bits per heavy atom. The van der Waals surface area contributed by atoms with Crippen molar-refractivity contribution >= 4 is 23.5 Å². The summed E-state index contributed by atoms with van der Waals surface area (Å²) in [6.07, 6.45) is 2.94. The standard InChI is InChI=1S/C9H10N2O2S/c12-6-7-3-9(13)11(4-7)5-8-10-1-2-14-8/h1-2,6-7H,3-5H2. The maximum atomic E-state index is 11.4. The first-order chi connectivity index (χ1) is 6.79. The molecule has 4 nitrogen and oxygen atoms in total. The number of likely N-dealkylation sites (tertiary alicyclic amines) is 1. The van der Waals surface area contributed by atoms with E-state index in [1.807, 2.05) is 5.38 Å². The molecule has 14 heavy (non-hydrogen) atoms. The predicted molar refractivity (Wildman–Crippen MR) is 51.7 cm³/mol. The molecule has 1 aromatic heterocycles. The maximum Gasteiger partial charge on any atom is 0.223 e. The van der Waals surface area contributed by atoms with Gasteiger partial charge in [0.05, 0.1) is 6.54 Å². The smallest absolute Gasteiger partial charge is 0.223 e. The van der Waals surface area contributed by atoms with Crippen LogP contribution in [-0.4, -0.2) is 28.6 Å². The molecule has 1 amide bonds. The number of hydrogen-bond acceptors (Lipinski definition) is 4. The molecule has 0 bridgehead atoms. The van der Waals surface area contributed by atoms with Crippen LogP contribution in [0.5, 0.6) is 0 Å². The van der Waals surface area contributed by atoms with E-state index in [1.54, 1.807) is 11.1 Å². The van der Waals surface area contributed by atoms with Gasteiger partial charge >= 0.3 is 0 Å². The van der Waals surface area contributed by atoms with Crippen LogP contribution in [0.1, 0.15) is 11.4 Å². The second-order valence-corrected chi connectivity index (χ2v) is 4.28. The highest BCUT2D eigenvalue weighted by molar-refractivity contribution is 7.09. The van der Waals surface area contributed by atoms with Crippen molar-refractivity contribution in [2.24, 2.45) is 5.92 Å². The molecule has 2 rings (SSSR count). The van der Waals surface area contributed by atoms with Crippen molar-refractivity contribution in [3.05, 3.63) is 16.6 Å². The largest absolute Gasteiger partial charge is 0.335 e. The molecule has 1 aromatic rings. The molecule has 1 aliphatic heterocycles. The van der Waals surface area contributed by atoms with E-state index in [1.165, 1.54) is 11.3 Å². The maximum absolute atomic E-state index is 11.4. The van der Waals surface area contributed by atoms with Crippen molar-refractivity contribution in [2.45, 2.75) is 13.0 Å². The number of aldehydes is 1. The van der Waals surface area contributed by atoms with Crippen molar-refractivity contribution in [3.63, 3.8) is 0 Å². The van der Waals surface area contributed by atoms with Crippen LogP contribution in [0.4, 0.5) is 0 Å². The topological polar surface area (TPSA) is 50.3 Å². The van der Waals surface area contributed by atoms with Crippen LogP contribution < -0.4 is 0 Å². The molecule has 0 N–H and O–H groups in total. The third-order valence-electron chi connectivity index (χ3n) is 2.25. The Bertz CT molecular complexity index is 337. The third-order valence-corrected chi connectivity index (χ3v) is 3.01. The number of hydrogen-bond donors (Lipinski definition) is 0.